The third-order valence-corrected chi connectivity index (χ3v) is 6.17. The molecule has 2 fully saturated rings. The predicted molar refractivity (Wildman–Crippen MR) is 118 cm³/mol. The molecule has 0 aromatic heterocycles. The fourth-order valence-corrected chi connectivity index (χ4v) is 4.48. The molecular weight excluding hydrogens is 396 g/mol. The summed E-state index contributed by atoms with van der Waals surface area (Å²) in [5.41, 5.74) is 0.950. The highest BCUT2D eigenvalue weighted by Crippen LogP contribution is 2.33. The zero-order valence-corrected chi connectivity index (χ0v) is 17.8. The van der Waals surface area contributed by atoms with E-state index in [1.807, 2.05) is 29.2 Å². The molecular formula is C23H30N4O4. The molecule has 1 aliphatic heterocycles. The van der Waals surface area contributed by atoms with Crippen molar-refractivity contribution in [3.05, 3.63) is 42.0 Å². The van der Waals surface area contributed by atoms with Crippen molar-refractivity contribution in [2.24, 2.45) is 5.92 Å². The second-order valence-electron chi connectivity index (χ2n) is 8.56. The minimum absolute atomic E-state index is 0.00590. The maximum Gasteiger partial charge on any atom is 0.318 e. The van der Waals surface area contributed by atoms with E-state index in [4.69, 9.17) is 0 Å². The number of nitrogens with one attached hydrogen (secondary N) is 2. The average Bonchev–Trinajstić information content (AvgIpc) is 3.61. The van der Waals surface area contributed by atoms with Crippen LogP contribution in [0.25, 0.3) is 10.8 Å². The van der Waals surface area contributed by atoms with Gasteiger partial charge < -0.3 is 30.6 Å². The normalized spacial score (nSPS) is 21.0. The van der Waals surface area contributed by atoms with Crippen LogP contribution in [0.3, 0.4) is 0 Å². The van der Waals surface area contributed by atoms with Crippen LogP contribution in [0, 0.1) is 5.92 Å². The summed E-state index contributed by atoms with van der Waals surface area (Å²) in [6.45, 7) is 1.34. The number of carbonyl (C=O) groups excluding carboxylic acids is 2. The first-order valence-corrected chi connectivity index (χ1v) is 10.8. The van der Waals surface area contributed by atoms with Crippen LogP contribution in [0.15, 0.2) is 36.4 Å². The standard InChI is InChI=1S/C23H30N4O4/c1-24-22(30)26-12-16(14-28)9-20(13-26)27(19-5-6-19)23(31)25-11-15-2-3-17-4-7-21(29)10-18(17)8-15/h2-4,7-8,10,16,19-20,28-29H,5-6,9,11-14H2,1H3,(H,24,30)(H,25,31)/t16-,20+/m0/s1. The summed E-state index contributed by atoms with van der Waals surface area (Å²) in [5.74, 6) is 0.170. The lowest BCUT2D eigenvalue weighted by Crippen LogP contribution is -2.58. The molecule has 166 valence electrons. The van der Waals surface area contributed by atoms with Gasteiger partial charge in [0.25, 0.3) is 0 Å². The number of phenolic OH excluding ortho intramolecular Hbond substituents is 1. The molecule has 1 saturated heterocycles. The number of nitrogens with zero attached hydrogens (tertiary/aromatic N) is 2. The van der Waals surface area contributed by atoms with Crippen molar-refractivity contribution < 1.29 is 19.8 Å². The Morgan fingerprint density at radius 1 is 1.10 bits per heavy atom. The fraction of sp³-hybridized carbons (Fsp3) is 0.478. The Kier molecular flexibility index (Phi) is 6.18. The molecule has 0 radical (unpaired) electrons. The minimum Gasteiger partial charge on any atom is -0.508 e. The number of fused-ring (bicyclic) bond motifs is 1. The van der Waals surface area contributed by atoms with E-state index in [0.717, 1.165) is 29.2 Å². The number of hydrogen-bond donors (Lipinski definition) is 4. The Morgan fingerprint density at radius 2 is 1.87 bits per heavy atom. The van der Waals surface area contributed by atoms with Gasteiger partial charge in [0.05, 0.1) is 6.04 Å². The molecule has 1 aliphatic carbocycles. The third-order valence-electron chi connectivity index (χ3n) is 6.17. The van der Waals surface area contributed by atoms with Gasteiger partial charge in [0.15, 0.2) is 0 Å². The van der Waals surface area contributed by atoms with E-state index in [-0.39, 0.29) is 42.4 Å². The summed E-state index contributed by atoms with van der Waals surface area (Å²) in [6, 6.07) is 10.9. The Hall–Kier alpha value is -3.00. The maximum atomic E-state index is 13.1. The number of urea groups is 2. The molecule has 2 aromatic rings. The molecule has 2 atom stereocenters. The quantitative estimate of drug-likeness (QED) is 0.588. The average molecular weight is 427 g/mol. The lowest BCUT2D eigenvalue weighted by Gasteiger charge is -2.42. The van der Waals surface area contributed by atoms with Crippen molar-refractivity contribution >= 4 is 22.8 Å². The predicted octanol–water partition coefficient (Wildman–Crippen LogP) is 2.24. The number of likely N-dealkylation sites (tertiary alicyclic amines) is 1. The number of hydrogen-bond acceptors (Lipinski definition) is 4. The lowest BCUT2D eigenvalue weighted by atomic mass is 9.94. The molecule has 0 unspecified atom stereocenters. The van der Waals surface area contributed by atoms with Crippen LogP contribution in [0.4, 0.5) is 9.59 Å². The molecule has 8 heteroatoms. The number of aromatic hydroxyl groups is 1. The van der Waals surface area contributed by atoms with Crippen molar-refractivity contribution in [2.45, 2.75) is 37.9 Å². The van der Waals surface area contributed by atoms with Crippen molar-refractivity contribution in [3.8, 4) is 5.75 Å². The molecule has 1 heterocycles. The number of benzene rings is 2. The van der Waals surface area contributed by atoms with E-state index in [9.17, 15) is 19.8 Å². The Morgan fingerprint density at radius 3 is 2.58 bits per heavy atom. The molecule has 4 N–H and O–H groups in total. The number of aliphatic hydroxyl groups is 1. The smallest absolute Gasteiger partial charge is 0.318 e. The van der Waals surface area contributed by atoms with Gasteiger partial charge in [-0.15, -0.1) is 0 Å². The number of piperidine rings is 1. The van der Waals surface area contributed by atoms with E-state index < -0.39 is 0 Å². The highest BCUT2D eigenvalue weighted by atomic mass is 16.3. The van der Waals surface area contributed by atoms with Gasteiger partial charge in [-0.2, -0.15) is 0 Å². The monoisotopic (exact) mass is 426 g/mol. The van der Waals surface area contributed by atoms with Crippen LogP contribution >= 0.6 is 0 Å². The van der Waals surface area contributed by atoms with Gasteiger partial charge in [0.1, 0.15) is 5.75 Å². The third kappa shape index (κ3) is 4.85. The van der Waals surface area contributed by atoms with Crippen molar-refractivity contribution in [1.29, 1.82) is 0 Å². The zero-order valence-electron chi connectivity index (χ0n) is 17.8. The van der Waals surface area contributed by atoms with E-state index >= 15 is 0 Å². The maximum absolute atomic E-state index is 13.1. The summed E-state index contributed by atoms with van der Waals surface area (Å²) in [6.07, 6.45) is 2.61. The second kappa shape index (κ2) is 9.01. The first-order valence-electron chi connectivity index (χ1n) is 10.8. The lowest BCUT2D eigenvalue weighted by molar-refractivity contribution is 0.0690. The van der Waals surface area contributed by atoms with E-state index in [0.29, 0.717) is 26.1 Å². The van der Waals surface area contributed by atoms with Gasteiger partial charge in [-0.25, -0.2) is 9.59 Å². The van der Waals surface area contributed by atoms with Gasteiger partial charge in [-0.1, -0.05) is 18.2 Å². The number of aliphatic hydroxyl groups excluding tert-OH is 1. The van der Waals surface area contributed by atoms with E-state index in [1.54, 1.807) is 24.1 Å². The number of carbonyl (C=O) groups is 2. The van der Waals surface area contributed by atoms with E-state index in [1.165, 1.54) is 0 Å². The first-order chi connectivity index (χ1) is 15.0. The Bertz CT molecular complexity index is 962. The summed E-state index contributed by atoms with van der Waals surface area (Å²) < 4.78 is 0. The van der Waals surface area contributed by atoms with Crippen LogP contribution in [-0.4, -0.2) is 70.9 Å². The molecule has 2 aliphatic rings. The first kappa shape index (κ1) is 21.2. The molecule has 1 saturated carbocycles. The highest BCUT2D eigenvalue weighted by molar-refractivity contribution is 5.84. The summed E-state index contributed by atoms with van der Waals surface area (Å²) in [7, 11) is 1.59. The number of phenols is 1. The SMILES string of the molecule is CNC(=O)N1C[C@@H](CO)C[C@@H](N(C(=O)NCc2ccc3ccc(O)cc3c2)C2CC2)C1. The van der Waals surface area contributed by atoms with Crippen LogP contribution in [-0.2, 0) is 6.54 Å². The summed E-state index contributed by atoms with van der Waals surface area (Å²) in [5, 5.41) is 27.1. The Labute approximate surface area is 181 Å². The van der Waals surface area contributed by atoms with Crippen LogP contribution in [0.5, 0.6) is 5.75 Å². The van der Waals surface area contributed by atoms with Crippen molar-refractivity contribution in [3.63, 3.8) is 0 Å². The van der Waals surface area contributed by atoms with E-state index in [2.05, 4.69) is 10.6 Å². The molecule has 4 amide bonds. The second-order valence-corrected chi connectivity index (χ2v) is 8.56. The largest absolute Gasteiger partial charge is 0.508 e. The topological polar surface area (TPSA) is 105 Å². The molecule has 31 heavy (non-hydrogen) atoms. The zero-order chi connectivity index (χ0) is 22.0. The van der Waals surface area contributed by atoms with Crippen LogP contribution < -0.4 is 10.6 Å². The Balaban J connectivity index is 1.45. The molecule has 0 bridgehead atoms. The van der Waals surface area contributed by atoms with Crippen LogP contribution in [0.1, 0.15) is 24.8 Å². The fourth-order valence-electron chi connectivity index (χ4n) is 4.48. The summed E-state index contributed by atoms with van der Waals surface area (Å²) >= 11 is 0. The molecule has 2 aromatic carbocycles. The van der Waals surface area contributed by atoms with Crippen LogP contribution in [0.2, 0.25) is 0 Å². The molecule has 8 nitrogen and oxygen atoms in total. The van der Waals surface area contributed by atoms with Gasteiger partial charge in [0.2, 0.25) is 0 Å². The van der Waals surface area contributed by atoms with Gasteiger partial charge >= 0.3 is 12.1 Å². The highest BCUT2D eigenvalue weighted by Gasteiger charge is 2.41. The van der Waals surface area contributed by atoms with Gasteiger partial charge in [-0.3, -0.25) is 0 Å². The molecule has 4 rings (SSSR count). The van der Waals surface area contributed by atoms with Crippen molar-refractivity contribution in [1.82, 2.24) is 20.4 Å². The minimum atomic E-state index is -0.182. The number of rotatable bonds is 5. The van der Waals surface area contributed by atoms with Crippen molar-refractivity contribution in [2.75, 3.05) is 26.7 Å². The number of amides is 4. The van der Waals surface area contributed by atoms with Gasteiger partial charge in [0, 0.05) is 45.2 Å². The summed E-state index contributed by atoms with van der Waals surface area (Å²) in [4.78, 5) is 28.9. The molecule has 0 spiro atoms. The van der Waals surface area contributed by atoms with Gasteiger partial charge in [-0.05, 0) is 53.8 Å².